The summed E-state index contributed by atoms with van der Waals surface area (Å²) in [6.07, 6.45) is 3.40. The van der Waals surface area contributed by atoms with Crippen molar-refractivity contribution in [1.29, 1.82) is 0 Å². The summed E-state index contributed by atoms with van der Waals surface area (Å²) < 4.78 is 0. The largest absolute Gasteiger partial charge is 0.478 e. The normalized spacial score (nSPS) is 26.3. The average molecular weight is 670 g/mol. The van der Waals surface area contributed by atoms with Crippen LogP contribution in [-0.4, -0.2) is 102 Å². The van der Waals surface area contributed by atoms with Gasteiger partial charge in [0.1, 0.15) is 0 Å². The summed E-state index contributed by atoms with van der Waals surface area (Å²) in [4.78, 5) is 48.1. The van der Waals surface area contributed by atoms with Crippen molar-refractivity contribution in [3.05, 3.63) is 33.4 Å². The van der Waals surface area contributed by atoms with Gasteiger partial charge in [-0.25, -0.2) is 14.4 Å². The fraction of sp³-hybridized carbons (Fsp3) is 0.769. The van der Waals surface area contributed by atoms with E-state index in [0.29, 0.717) is 49.7 Å². The number of aromatic carboxylic acids is 3. The number of carboxylic acid groups (broad SMARTS) is 3. The minimum atomic E-state index is -1.37. The highest BCUT2D eigenvalue weighted by Gasteiger charge is 2.52. The van der Waals surface area contributed by atoms with E-state index < -0.39 is 23.8 Å². The van der Waals surface area contributed by atoms with Crippen molar-refractivity contribution in [2.75, 3.05) is 21.1 Å². The molecule has 48 heavy (non-hydrogen) atoms. The highest BCUT2D eigenvalue weighted by molar-refractivity contribution is 6.08. The summed E-state index contributed by atoms with van der Waals surface area (Å²) in [5, 5.41) is 33.6. The van der Waals surface area contributed by atoms with Crippen LogP contribution in [0.25, 0.3) is 0 Å². The van der Waals surface area contributed by atoms with Crippen molar-refractivity contribution < 1.29 is 29.7 Å². The van der Waals surface area contributed by atoms with Gasteiger partial charge in [0, 0.05) is 33.2 Å². The highest BCUT2D eigenvalue weighted by atomic mass is 16.4. The van der Waals surface area contributed by atoms with Gasteiger partial charge in [-0.05, 0) is 177 Å². The second kappa shape index (κ2) is 11.8. The maximum absolute atomic E-state index is 13.9. The second-order valence-electron chi connectivity index (χ2n) is 19.1. The van der Waals surface area contributed by atoms with Crippen molar-refractivity contribution in [2.24, 2.45) is 0 Å². The lowest BCUT2D eigenvalue weighted by molar-refractivity contribution is -0.0179. The lowest BCUT2D eigenvalue weighted by Gasteiger charge is -2.56. The Morgan fingerprint density at radius 1 is 0.417 bits per heavy atom. The van der Waals surface area contributed by atoms with E-state index in [1.807, 2.05) is 0 Å². The SMILES string of the molecule is CN1C(C)(C)CC(c2c(C(=O)O)c(C(=O)O)c(C3CC(C)(C)N(C)C(C)(C)C3)c(C3CC(C)(C)N(C)C(C)(C)C3)c2C(=O)O)CC1(C)C. The Morgan fingerprint density at radius 3 is 0.833 bits per heavy atom. The third-order valence-corrected chi connectivity index (χ3v) is 13.4. The molecular weight excluding hydrogens is 606 g/mol. The number of hydrogen-bond acceptors (Lipinski definition) is 6. The number of likely N-dealkylation sites (tertiary alicyclic amines) is 3. The number of hydrogen-bond donors (Lipinski definition) is 3. The van der Waals surface area contributed by atoms with Crippen LogP contribution in [0.2, 0.25) is 0 Å². The van der Waals surface area contributed by atoms with Crippen LogP contribution in [0.15, 0.2) is 0 Å². The molecular formula is C39H63N3O6. The van der Waals surface area contributed by atoms with E-state index >= 15 is 0 Å². The van der Waals surface area contributed by atoms with Crippen LogP contribution in [0.1, 0.15) is 187 Å². The molecule has 0 aromatic heterocycles. The molecule has 4 rings (SSSR count). The molecule has 3 fully saturated rings. The number of carbonyl (C=O) groups is 3. The highest BCUT2D eigenvalue weighted by Crippen LogP contribution is 2.55. The smallest absolute Gasteiger partial charge is 0.336 e. The molecule has 1 aromatic carbocycles. The van der Waals surface area contributed by atoms with Crippen LogP contribution in [-0.2, 0) is 0 Å². The molecule has 0 unspecified atom stereocenters. The Kier molecular flexibility index (Phi) is 9.42. The Hall–Kier alpha value is -2.49. The number of benzene rings is 1. The van der Waals surface area contributed by atoms with E-state index in [0.717, 1.165) is 0 Å². The summed E-state index contributed by atoms with van der Waals surface area (Å²) in [5.41, 5.74) is -1.44. The molecule has 9 nitrogen and oxygen atoms in total. The maximum Gasteiger partial charge on any atom is 0.336 e. The molecule has 3 aliphatic rings. The quantitative estimate of drug-likeness (QED) is 0.278. The zero-order valence-electron chi connectivity index (χ0n) is 32.4. The van der Waals surface area contributed by atoms with Gasteiger partial charge in [0.25, 0.3) is 0 Å². The minimum Gasteiger partial charge on any atom is -0.478 e. The lowest BCUT2D eigenvalue weighted by atomic mass is 9.62. The molecule has 3 aliphatic heterocycles. The molecule has 0 atom stereocenters. The molecule has 0 spiro atoms. The van der Waals surface area contributed by atoms with Gasteiger partial charge >= 0.3 is 17.9 Å². The van der Waals surface area contributed by atoms with Crippen molar-refractivity contribution in [3.8, 4) is 0 Å². The van der Waals surface area contributed by atoms with E-state index in [9.17, 15) is 29.7 Å². The molecule has 0 radical (unpaired) electrons. The van der Waals surface area contributed by atoms with E-state index in [4.69, 9.17) is 0 Å². The third-order valence-electron chi connectivity index (χ3n) is 13.4. The molecule has 3 N–H and O–H groups in total. The first-order chi connectivity index (χ1) is 21.5. The van der Waals surface area contributed by atoms with Gasteiger partial charge in [-0.2, -0.15) is 0 Å². The number of nitrogens with zero attached hydrogens (tertiary/aromatic N) is 3. The predicted molar refractivity (Wildman–Crippen MR) is 191 cm³/mol. The molecule has 0 aliphatic carbocycles. The van der Waals surface area contributed by atoms with Crippen LogP contribution < -0.4 is 0 Å². The number of carboxylic acids is 3. The first-order valence-electron chi connectivity index (χ1n) is 17.7. The van der Waals surface area contributed by atoms with Gasteiger partial charge in [0.15, 0.2) is 0 Å². The molecule has 270 valence electrons. The first-order valence-corrected chi connectivity index (χ1v) is 17.7. The van der Waals surface area contributed by atoms with Crippen LogP contribution >= 0.6 is 0 Å². The zero-order valence-corrected chi connectivity index (χ0v) is 32.4. The van der Waals surface area contributed by atoms with E-state index in [-0.39, 0.29) is 67.3 Å². The Labute approximate surface area is 289 Å². The molecule has 0 bridgehead atoms. The fourth-order valence-corrected chi connectivity index (χ4v) is 10.5. The predicted octanol–water partition coefficient (Wildman–Crippen LogP) is 7.88. The van der Waals surface area contributed by atoms with Crippen molar-refractivity contribution in [3.63, 3.8) is 0 Å². The van der Waals surface area contributed by atoms with Gasteiger partial charge in [-0.3, -0.25) is 14.7 Å². The number of piperidine rings is 3. The molecule has 0 saturated carbocycles. The van der Waals surface area contributed by atoms with Gasteiger partial charge < -0.3 is 15.3 Å². The van der Waals surface area contributed by atoms with Crippen molar-refractivity contribution >= 4 is 17.9 Å². The first kappa shape index (κ1) is 38.3. The molecule has 1 aromatic rings. The summed E-state index contributed by atoms with van der Waals surface area (Å²) in [6.45, 7) is 25.6. The topological polar surface area (TPSA) is 122 Å². The van der Waals surface area contributed by atoms with Crippen LogP contribution in [0.3, 0.4) is 0 Å². The Bertz CT molecular complexity index is 1450. The summed E-state index contributed by atoms with van der Waals surface area (Å²) in [5.74, 6) is -4.95. The standard InChI is InChI=1S/C39H63N3O6/c1-34(2)16-22(17-35(3,4)40(34)13)25-26(23-18-36(5,6)41(14)37(7,8)19-23)29(32(45)46)30(33(47)48)27(28(25)31(43)44)24-20-38(9,10)42(15)39(11,12)21-24/h22-24H,16-21H2,1-15H3,(H,43,44)(H,45,46)(H,47,48). The van der Waals surface area contributed by atoms with Gasteiger partial charge in [0.05, 0.1) is 16.7 Å². The second-order valence-corrected chi connectivity index (χ2v) is 19.1. The van der Waals surface area contributed by atoms with Gasteiger partial charge in [0.2, 0.25) is 0 Å². The van der Waals surface area contributed by atoms with Gasteiger partial charge in [-0.15, -0.1) is 0 Å². The van der Waals surface area contributed by atoms with Crippen LogP contribution in [0.4, 0.5) is 0 Å². The van der Waals surface area contributed by atoms with E-state index in [2.05, 4.69) is 119 Å². The van der Waals surface area contributed by atoms with E-state index in [1.165, 1.54) is 0 Å². The van der Waals surface area contributed by atoms with Crippen LogP contribution in [0.5, 0.6) is 0 Å². The van der Waals surface area contributed by atoms with Gasteiger partial charge in [-0.1, -0.05) is 0 Å². The van der Waals surface area contributed by atoms with E-state index in [1.54, 1.807) is 0 Å². The Morgan fingerprint density at radius 2 is 0.604 bits per heavy atom. The monoisotopic (exact) mass is 669 g/mol. The molecule has 3 heterocycles. The summed E-state index contributed by atoms with van der Waals surface area (Å²) >= 11 is 0. The zero-order chi connectivity index (χ0) is 36.9. The molecule has 9 heteroatoms. The lowest BCUT2D eigenvalue weighted by Crippen LogP contribution is -2.59. The summed E-state index contributed by atoms with van der Waals surface area (Å²) in [7, 11) is 6.23. The third kappa shape index (κ3) is 6.32. The fourth-order valence-electron chi connectivity index (χ4n) is 10.5. The van der Waals surface area contributed by atoms with Crippen molar-refractivity contribution in [1.82, 2.24) is 14.7 Å². The number of rotatable bonds is 6. The summed E-state index contributed by atoms with van der Waals surface area (Å²) in [6, 6.07) is 0. The molecule has 3 saturated heterocycles. The molecule has 0 amide bonds. The van der Waals surface area contributed by atoms with Crippen LogP contribution in [0, 0.1) is 0 Å². The average Bonchev–Trinajstić information content (AvgIpc) is 2.90. The van der Waals surface area contributed by atoms with Crippen molar-refractivity contribution in [2.45, 2.75) is 173 Å². The Balaban J connectivity index is 2.25. The maximum atomic E-state index is 13.9. The minimum absolute atomic E-state index is 0.0317.